The SMILES string of the molecule is CC1(C)CC(OC(=O)CC(=O)C2CC(C)(C)N(OCc3ccccc3)C(C)(C)C2)CC(C)(C)N1OCc1ccccc1. The molecule has 0 bridgehead atoms. The van der Waals surface area contributed by atoms with Crippen molar-refractivity contribution in [1.29, 1.82) is 0 Å². The first-order chi connectivity index (χ1) is 19.6. The lowest BCUT2D eigenvalue weighted by Gasteiger charge is -2.53. The van der Waals surface area contributed by atoms with Gasteiger partial charge in [-0.15, -0.1) is 0 Å². The summed E-state index contributed by atoms with van der Waals surface area (Å²) in [7, 11) is 0. The van der Waals surface area contributed by atoms with Gasteiger partial charge in [-0.05, 0) is 79.4 Å². The molecule has 0 radical (unpaired) electrons. The van der Waals surface area contributed by atoms with E-state index in [1.807, 2.05) is 53.6 Å². The second-order valence-electron chi connectivity index (χ2n) is 14.6. The van der Waals surface area contributed by atoms with Crippen molar-refractivity contribution in [2.75, 3.05) is 0 Å². The molecule has 0 aliphatic carbocycles. The van der Waals surface area contributed by atoms with E-state index in [2.05, 4.69) is 72.6 Å². The predicted octanol–water partition coefficient (Wildman–Crippen LogP) is 7.04. The molecule has 2 aliphatic rings. The van der Waals surface area contributed by atoms with E-state index in [-0.39, 0.29) is 46.4 Å². The average Bonchev–Trinajstić information content (AvgIpc) is 2.87. The molecule has 4 rings (SSSR count). The molecule has 2 fully saturated rings. The van der Waals surface area contributed by atoms with Crippen LogP contribution in [-0.2, 0) is 37.2 Å². The Balaban J connectivity index is 1.32. The number of piperidine rings is 2. The Labute approximate surface area is 252 Å². The lowest BCUT2D eigenvalue weighted by molar-refractivity contribution is -0.299. The number of carbonyl (C=O) groups is 2. The van der Waals surface area contributed by atoms with Gasteiger partial charge in [-0.25, -0.2) is 0 Å². The summed E-state index contributed by atoms with van der Waals surface area (Å²) in [5.41, 5.74) is 0.752. The minimum absolute atomic E-state index is 0.0500. The molecule has 42 heavy (non-hydrogen) atoms. The maximum Gasteiger partial charge on any atom is 0.313 e. The topological polar surface area (TPSA) is 68.3 Å². The van der Waals surface area contributed by atoms with Crippen LogP contribution in [0.25, 0.3) is 0 Å². The summed E-state index contributed by atoms with van der Waals surface area (Å²) in [6.07, 6.45) is 2.01. The van der Waals surface area contributed by atoms with Gasteiger partial charge < -0.3 is 4.74 Å². The molecule has 0 atom stereocenters. The van der Waals surface area contributed by atoms with Crippen molar-refractivity contribution >= 4 is 11.8 Å². The Hall–Kier alpha value is -2.58. The van der Waals surface area contributed by atoms with Gasteiger partial charge in [-0.3, -0.25) is 19.3 Å². The van der Waals surface area contributed by atoms with Gasteiger partial charge in [-0.2, -0.15) is 10.1 Å². The van der Waals surface area contributed by atoms with Crippen LogP contribution < -0.4 is 0 Å². The second-order valence-corrected chi connectivity index (χ2v) is 14.6. The number of rotatable bonds is 10. The van der Waals surface area contributed by atoms with Crippen LogP contribution in [0.15, 0.2) is 60.7 Å². The van der Waals surface area contributed by atoms with Crippen LogP contribution >= 0.6 is 0 Å². The summed E-state index contributed by atoms with van der Waals surface area (Å²) in [6, 6.07) is 20.2. The smallest absolute Gasteiger partial charge is 0.313 e. The maximum absolute atomic E-state index is 13.5. The summed E-state index contributed by atoms with van der Waals surface area (Å²) in [5.74, 6) is -0.722. The van der Waals surface area contributed by atoms with Gasteiger partial charge in [0.25, 0.3) is 0 Å². The number of nitrogens with zero attached hydrogens (tertiary/aromatic N) is 2. The van der Waals surface area contributed by atoms with Crippen LogP contribution in [0, 0.1) is 5.92 Å². The third kappa shape index (κ3) is 7.87. The number of esters is 1. The van der Waals surface area contributed by atoms with Crippen molar-refractivity contribution < 1.29 is 24.0 Å². The van der Waals surface area contributed by atoms with Crippen LogP contribution in [0.4, 0.5) is 0 Å². The van der Waals surface area contributed by atoms with Crippen LogP contribution in [0.1, 0.15) is 98.6 Å². The monoisotopic (exact) mass is 578 g/mol. The number of hydroxylamine groups is 4. The molecular weight excluding hydrogens is 528 g/mol. The molecule has 0 saturated carbocycles. The minimum atomic E-state index is -0.436. The number of hydrogen-bond donors (Lipinski definition) is 0. The maximum atomic E-state index is 13.5. The first-order valence-corrected chi connectivity index (χ1v) is 15.3. The number of ketones is 1. The molecule has 2 heterocycles. The van der Waals surface area contributed by atoms with E-state index in [0.717, 1.165) is 11.1 Å². The fourth-order valence-electron chi connectivity index (χ4n) is 7.39. The molecular formula is C35H50N2O5. The van der Waals surface area contributed by atoms with Crippen molar-refractivity contribution in [3.63, 3.8) is 0 Å². The van der Waals surface area contributed by atoms with Crippen LogP contribution in [0.2, 0.25) is 0 Å². The highest BCUT2D eigenvalue weighted by atomic mass is 16.7. The summed E-state index contributed by atoms with van der Waals surface area (Å²) < 4.78 is 5.97. The standard InChI is InChI=1S/C35H50N2O5/c1-32(2)20-28(21-33(3,4)36(32)40-24-26-15-11-9-12-16-26)30(38)19-31(39)42-29-22-34(5,6)37(35(7,8)23-29)41-25-27-17-13-10-14-18-27/h9-18,28-29H,19-25H2,1-8H3. The molecule has 2 aromatic rings. The first-order valence-electron chi connectivity index (χ1n) is 15.3. The first kappa shape index (κ1) is 32.3. The molecule has 230 valence electrons. The molecule has 0 amide bonds. The van der Waals surface area contributed by atoms with Crippen LogP contribution in [0.3, 0.4) is 0 Å². The Morgan fingerprint density at radius 3 is 1.43 bits per heavy atom. The lowest BCUT2D eigenvalue weighted by Crippen LogP contribution is -2.62. The largest absolute Gasteiger partial charge is 0.462 e. The van der Waals surface area contributed by atoms with Crippen LogP contribution in [0.5, 0.6) is 0 Å². The zero-order valence-corrected chi connectivity index (χ0v) is 26.8. The minimum Gasteiger partial charge on any atom is -0.462 e. The van der Waals surface area contributed by atoms with E-state index >= 15 is 0 Å². The summed E-state index contributed by atoms with van der Waals surface area (Å²) >= 11 is 0. The number of hydrogen-bond acceptors (Lipinski definition) is 7. The normalized spacial score (nSPS) is 22.5. The van der Waals surface area contributed by atoms with Gasteiger partial charge in [0.05, 0.1) is 13.2 Å². The van der Waals surface area contributed by atoms with E-state index < -0.39 is 5.97 Å². The molecule has 2 aliphatic heterocycles. The number of benzene rings is 2. The van der Waals surface area contributed by atoms with Crippen LogP contribution in [-0.4, -0.2) is 50.1 Å². The van der Waals surface area contributed by atoms with Gasteiger partial charge in [0.15, 0.2) is 0 Å². The quantitative estimate of drug-likeness (QED) is 0.221. The average molecular weight is 579 g/mol. The highest BCUT2D eigenvalue weighted by Crippen LogP contribution is 2.43. The zero-order chi connectivity index (χ0) is 30.8. The fraction of sp³-hybridized carbons (Fsp3) is 0.600. The van der Waals surface area contributed by atoms with Crippen molar-refractivity contribution in [1.82, 2.24) is 10.1 Å². The van der Waals surface area contributed by atoms with E-state index in [4.69, 9.17) is 14.4 Å². The van der Waals surface area contributed by atoms with Crippen molar-refractivity contribution in [2.45, 2.75) is 129 Å². The van der Waals surface area contributed by atoms with E-state index in [9.17, 15) is 9.59 Å². The van der Waals surface area contributed by atoms with Gasteiger partial charge in [0.2, 0.25) is 0 Å². The third-order valence-electron chi connectivity index (χ3n) is 8.62. The molecule has 0 spiro atoms. The molecule has 0 unspecified atom stereocenters. The Kier molecular flexibility index (Phi) is 9.68. The molecule has 7 nitrogen and oxygen atoms in total. The molecule has 0 N–H and O–H groups in total. The van der Waals surface area contributed by atoms with Gasteiger partial charge in [0, 0.05) is 40.9 Å². The number of Topliss-reactive ketones (excluding diaryl/α,β-unsaturated/α-hetero) is 1. The second kappa shape index (κ2) is 12.6. The van der Waals surface area contributed by atoms with Crippen molar-refractivity contribution in [3.05, 3.63) is 71.8 Å². The summed E-state index contributed by atoms with van der Waals surface area (Å²) in [4.78, 5) is 39.2. The highest BCUT2D eigenvalue weighted by molar-refractivity contribution is 5.97. The Morgan fingerprint density at radius 2 is 1.02 bits per heavy atom. The predicted molar refractivity (Wildman–Crippen MR) is 164 cm³/mol. The summed E-state index contributed by atoms with van der Waals surface area (Å²) in [5, 5.41) is 4.10. The Morgan fingerprint density at radius 1 is 0.643 bits per heavy atom. The zero-order valence-electron chi connectivity index (χ0n) is 26.8. The van der Waals surface area contributed by atoms with E-state index in [1.165, 1.54) is 0 Å². The molecule has 7 heteroatoms. The highest BCUT2D eigenvalue weighted by Gasteiger charge is 2.50. The van der Waals surface area contributed by atoms with Gasteiger partial charge in [-0.1, -0.05) is 60.7 Å². The lowest BCUT2D eigenvalue weighted by atomic mass is 9.73. The molecule has 2 aromatic carbocycles. The Bertz CT molecular complexity index is 1170. The fourth-order valence-corrected chi connectivity index (χ4v) is 7.39. The van der Waals surface area contributed by atoms with E-state index in [0.29, 0.717) is 38.9 Å². The number of ether oxygens (including phenoxy) is 1. The van der Waals surface area contributed by atoms with Crippen molar-refractivity contribution in [2.24, 2.45) is 5.92 Å². The number of carbonyl (C=O) groups excluding carboxylic acids is 2. The molecule has 2 saturated heterocycles. The van der Waals surface area contributed by atoms with Gasteiger partial charge >= 0.3 is 5.97 Å². The third-order valence-corrected chi connectivity index (χ3v) is 8.62. The summed E-state index contributed by atoms with van der Waals surface area (Å²) in [6.45, 7) is 17.8. The van der Waals surface area contributed by atoms with Gasteiger partial charge in [0.1, 0.15) is 18.3 Å². The van der Waals surface area contributed by atoms with Crippen molar-refractivity contribution in [3.8, 4) is 0 Å². The molecule has 0 aromatic heterocycles. The van der Waals surface area contributed by atoms with E-state index in [1.54, 1.807) is 0 Å².